The second kappa shape index (κ2) is 9.78. The number of carbonyl (C=O) groups is 1. The van der Waals surface area contributed by atoms with E-state index in [-0.39, 0.29) is 24.5 Å². The maximum Gasteiger partial charge on any atom is 0.311 e. The number of amidine groups is 1. The van der Waals surface area contributed by atoms with Crippen LogP contribution in [0.25, 0.3) is 0 Å². The lowest BCUT2D eigenvalue weighted by Gasteiger charge is -2.46. The van der Waals surface area contributed by atoms with Crippen LogP contribution in [0.5, 0.6) is 5.75 Å². The van der Waals surface area contributed by atoms with Crippen LogP contribution < -0.4 is 9.64 Å². The average molecular weight is 547 g/mol. The first-order chi connectivity index (χ1) is 18.6. The largest absolute Gasteiger partial charge is 0.496 e. The molecular formula is C29H40F2N4O4. The molecule has 0 atom stereocenters. The number of benzene rings is 1. The fourth-order valence-corrected chi connectivity index (χ4v) is 6.61. The minimum absolute atomic E-state index is 0.0940. The predicted molar refractivity (Wildman–Crippen MR) is 143 cm³/mol. The third kappa shape index (κ3) is 5.16. The molecule has 1 saturated carbocycles. The summed E-state index contributed by atoms with van der Waals surface area (Å²) in [5, 5.41) is 4.46. The molecule has 39 heavy (non-hydrogen) atoms. The summed E-state index contributed by atoms with van der Waals surface area (Å²) in [5.74, 6) is -0.554. The van der Waals surface area contributed by atoms with Gasteiger partial charge in [-0.2, -0.15) is 0 Å². The van der Waals surface area contributed by atoms with E-state index in [1.165, 1.54) is 5.56 Å². The highest BCUT2D eigenvalue weighted by Crippen LogP contribution is 2.48. The summed E-state index contributed by atoms with van der Waals surface area (Å²) < 4.78 is 39.0. The van der Waals surface area contributed by atoms with E-state index in [0.717, 1.165) is 87.7 Å². The van der Waals surface area contributed by atoms with Crippen molar-refractivity contribution in [3.63, 3.8) is 0 Å². The highest BCUT2D eigenvalue weighted by molar-refractivity contribution is 5.85. The summed E-state index contributed by atoms with van der Waals surface area (Å²) in [6, 6.07) is 4.17. The second-order valence-corrected chi connectivity index (χ2v) is 12.4. The number of methoxy groups -OCH3 is 1. The van der Waals surface area contributed by atoms with Crippen LogP contribution in [0, 0.1) is 5.41 Å². The zero-order valence-electron chi connectivity index (χ0n) is 23.3. The molecule has 4 fully saturated rings. The van der Waals surface area contributed by atoms with Gasteiger partial charge in [0.05, 0.1) is 32.1 Å². The van der Waals surface area contributed by atoms with E-state index in [2.05, 4.69) is 21.0 Å². The molecule has 8 nitrogen and oxygen atoms in total. The van der Waals surface area contributed by atoms with Gasteiger partial charge >= 0.3 is 5.97 Å². The van der Waals surface area contributed by atoms with Crippen molar-refractivity contribution in [2.45, 2.75) is 76.4 Å². The number of ether oxygens (including phenoxy) is 2. The number of anilines is 1. The van der Waals surface area contributed by atoms with Gasteiger partial charge < -0.3 is 24.1 Å². The minimum Gasteiger partial charge on any atom is -0.496 e. The van der Waals surface area contributed by atoms with Crippen molar-refractivity contribution in [3.8, 4) is 5.75 Å². The SMILES string of the molecule is CCOC(=O)C1(C)CCN(C2=NOC3(C2)CN(Cc2cc(C4CC4)c(N4CCC(F)(F)C4)cc2OC)C3)CC1. The molecule has 10 heteroatoms. The van der Waals surface area contributed by atoms with E-state index in [0.29, 0.717) is 19.1 Å². The highest BCUT2D eigenvalue weighted by Gasteiger charge is 2.51. The van der Waals surface area contributed by atoms with Crippen LogP contribution in [0.15, 0.2) is 17.3 Å². The molecule has 1 aliphatic carbocycles. The molecule has 5 aliphatic rings. The van der Waals surface area contributed by atoms with Crippen molar-refractivity contribution >= 4 is 17.5 Å². The third-order valence-electron chi connectivity index (χ3n) is 9.20. The van der Waals surface area contributed by atoms with Crippen LogP contribution in [-0.2, 0) is 20.9 Å². The molecular weight excluding hydrogens is 506 g/mol. The number of hydrogen-bond acceptors (Lipinski definition) is 8. The van der Waals surface area contributed by atoms with Crippen molar-refractivity contribution in [1.29, 1.82) is 0 Å². The number of alkyl halides is 2. The standard InChI is InChI=1S/C29H40F2N4O4/c1-4-38-26(36)27(2)7-10-34(11-8-27)25-15-28(39-32-25)17-33(18-28)16-21-13-22(20-5-6-20)23(14-24(21)37-3)35-12-9-29(30,31)19-35/h13-14,20H,4-12,15-19H2,1-3H3. The summed E-state index contributed by atoms with van der Waals surface area (Å²) in [5.41, 5.74) is 2.46. The zero-order valence-corrected chi connectivity index (χ0v) is 23.3. The summed E-state index contributed by atoms with van der Waals surface area (Å²) in [6.07, 6.45) is 4.39. The normalized spacial score (nSPS) is 25.3. The Labute approximate surface area is 229 Å². The van der Waals surface area contributed by atoms with Gasteiger partial charge in [0.15, 0.2) is 5.60 Å². The van der Waals surface area contributed by atoms with Gasteiger partial charge in [-0.1, -0.05) is 5.16 Å². The summed E-state index contributed by atoms with van der Waals surface area (Å²) in [7, 11) is 1.65. The molecule has 3 saturated heterocycles. The van der Waals surface area contributed by atoms with Crippen molar-refractivity contribution in [3.05, 3.63) is 23.3 Å². The topological polar surface area (TPSA) is 66.8 Å². The Morgan fingerprint density at radius 3 is 2.44 bits per heavy atom. The van der Waals surface area contributed by atoms with E-state index in [4.69, 9.17) is 14.3 Å². The predicted octanol–water partition coefficient (Wildman–Crippen LogP) is 4.37. The monoisotopic (exact) mass is 546 g/mol. The lowest BCUT2D eigenvalue weighted by atomic mass is 9.80. The number of halogens is 2. The molecule has 0 N–H and O–H groups in total. The third-order valence-corrected chi connectivity index (χ3v) is 9.20. The van der Waals surface area contributed by atoms with Crippen LogP contribution in [0.3, 0.4) is 0 Å². The van der Waals surface area contributed by atoms with Crippen LogP contribution in [-0.4, -0.2) is 86.1 Å². The Morgan fingerprint density at radius 2 is 1.82 bits per heavy atom. The van der Waals surface area contributed by atoms with E-state index in [9.17, 15) is 13.6 Å². The smallest absolute Gasteiger partial charge is 0.311 e. The van der Waals surface area contributed by atoms with Crippen LogP contribution in [0.1, 0.15) is 69.4 Å². The molecule has 4 aliphatic heterocycles. The lowest BCUT2D eigenvalue weighted by Crippen LogP contribution is -2.61. The van der Waals surface area contributed by atoms with Gasteiger partial charge in [0.1, 0.15) is 11.6 Å². The Kier molecular flexibility index (Phi) is 6.67. The first kappa shape index (κ1) is 26.6. The molecule has 6 rings (SSSR count). The van der Waals surface area contributed by atoms with Crippen LogP contribution in [0.4, 0.5) is 14.5 Å². The van der Waals surface area contributed by atoms with Gasteiger partial charge in [0.25, 0.3) is 5.92 Å². The fourth-order valence-electron chi connectivity index (χ4n) is 6.61. The molecule has 0 unspecified atom stereocenters. The number of carbonyl (C=O) groups excluding carboxylic acids is 1. The number of likely N-dealkylation sites (tertiary alicyclic amines) is 2. The molecule has 0 aromatic heterocycles. The zero-order chi connectivity index (χ0) is 27.4. The number of esters is 1. The molecule has 214 valence electrons. The number of oxime groups is 1. The molecule has 1 aromatic carbocycles. The van der Waals surface area contributed by atoms with E-state index < -0.39 is 11.3 Å². The number of nitrogens with zero attached hydrogens (tertiary/aromatic N) is 4. The first-order valence-electron chi connectivity index (χ1n) is 14.4. The van der Waals surface area contributed by atoms with Crippen molar-refractivity contribution < 1.29 is 27.9 Å². The van der Waals surface area contributed by atoms with Gasteiger partial charge in [-0.15, -0.1) is 0 Å². The first-order valence-corrected chi connectivity index (χ1v) is 14.4. The summed E-state index contributed by atoms with van der Waals surface area (Å²) in [4.78, 5) is 24.8. The lowest BCUT2D eigenvalue weighted by molar-refractivity contribution is -0.156. The number of piperidine rings is 1. The molecule has 0 radical (unpaired) electrons. The summed E-state index contributed by atoms with van der Waals surface area (Å²) in [6.45, 7) is 8.22. The van der Waals surface area contributed by atoms with Crippen molar-refractivity contribution in [1.82, 2.24) is 9.80 Å². The average Bonchev–Trinajstić information content (AvgIpc) is 3.54. The molecule has 0 amide bonds. The Morgan fingerprint density at radius 1 is 1.10 bits per heavy atom. The Bertz CT molecular complexity index is 1140. The minimum atomic E-state index is -2.63. The van der Waals surface area contributed by atoms with Gasteiger partial charge in [-0.3, -0.25) is 9.69 Å². The second-order valence-electron chi connectivity index (χ2n) is 12.4. The van der Waals surface area contributed by atoms with Crippen molar-refractivity contribution in [2.75, 3.05) is 57.9 Å². The fraction of sp³-hybridized carbons (Fsp3) is 0.724. The maximum absolute atomic E-state index is 14.0. The van der Waals surface area contributed by atoms with Gasteiger partial charge in [-0.25, -0.2) is 8.78 Å². The van der Waals surface area contributed by atoms with Crippen LogP contribution in [0.2, 0.25) is 0 Å². The summed E-state index contributed by atoms with van der Waals surface area (Å²) >= 11 is 0. The Balaban J connectivity index is 1.06. The molecule has 4 heterocycles. The maximum atomic E-state index is 14.0. The molecule has 0 bridgehead atoms. The number of hydrogen-bond donors (Lipinski definition) is 0. The van der Waals surface area contributed by atoms with E-state index >= 15 is 0 Å². The van der Waals surface area contributed by atoms with E-state index in [1.54, 1.807) is 7.11 Å². The quantitative estimate of drug-likeness (QED) is 0.471. The van der Waals surface area contributed by atoms with Gasteiger partial charge in [-0.05, 0) is 57.1 Å². The Hall–Kier alpha value is -2.62. The van der Waals surface area contributed by atoms with E-state index in [1.807, 2.05) is 24.8 Å². The number of rotatable bonds is 7. The van der Waals surface area contributed by atoms with Crippen molar-refractivity contribution in [2.24, 2.45) is 10.6 Å². The molecule has 1 spiro atoms. The van der Waals surface area contributed by atoms with Gasteiger partial charge in [0, 0.05) is 63.0 Å². The highest BCUT2D eigenvalue weighted by atomic mass is 19.3. The molecule has 1 aromatic rings. The van der Waals surface area contributed by atoms with Crippen LogP contribution >= 0.6 is 0 Å². The van der Waals surface area contributed by atoms with Gasteiger partial charge in [0.2, 0.25) is 0 Å².